The summed E-state index contributed by atoms with van der Waals surface area (Å²) in [6, 6.07) is 1.80. The van der Waals surface area contributed by atoms with E-state index >= 15 is 0 Å². The fraction of sp³-hybridized carbons (Fsp3) is 0.667. The number of carbonyl (C=O) groups is 1. The normalized spacial score (nSPS) is 22.4. The zero-order valence-corrected chi connectivity index (χ0v) is 4.85. The Hall–Kier alpha value is -0.910. The molecule has 0 aliphatic heterocycles. The highest BCUT2D eigenvalue weighted by atomic mass is 19.1. The molecule has 1 rings (SSSR count). The molecule has 0 aromatic heterocycles. The van der Waals surface area contributed by atoms with Crippen molar-refractivity contribution in [2.45, 2.75) is 12.8 Å². The standard InChI is InChI=1S/C6H6FNO/c7-3-6(4-8)1-5(9)2-6/h1-3H2. The van der Waals surface area contributed by atoms with Gasteiger partial charge >= 0.3 is 0 Å². The molecule has 3 heteroatoms. The van der Waals surface area contributed by atoms with Crippen LogP contribution >= 0.6 is 0 Å². The Labute approximate surface area is 52.3 Å². The molecule has 0 amide bonds. The molecule has 2 nitrogen and oxygen atoms in total. The summed E-state index contributed by atoms with van der Waals surface area (Å²) >= 11 is 0. The molecule has 1 aliphatic carbocycles. The summed E-state index contributed by atoms with van der Waals surface area (Å²) in [5, 5.41) is 8.31. The van der Waals surface area contributed by atoms with Crippen LogP contribution in [0.3, 0.4) is 0 Å². The van der Waals surface area contributed by atoms with Gasteiger partial charge in [-0.3, -0.25) is 4.79 Å². The second kappa shape index (κ2) is 1.80. The zero-order valence-electron chi connectivity index (χ0n) is 4.85. The number of ketones is 1. The third-order valence-corrected chi connectivity index (χ3v) is 1.56. The van der Waals surface area contributed by atoms with E-state index in [9.17, 15) is 9.18 Å². The predicted molar refractivity (Wildman–Crippen MR) is 28.3 cm³/mol. The average Bonchev–Trinajstić information content (AvgIpc) is 1.81. The van der Waals surface area contributed by atoms with Crippen molar-refractivity contribution in [3.8, 4) is 6.07 Å². The van der Waals surface area contributed by atoms with Crippen LogP contribution in [0, 0.1) is 16.7 Å². The highest BCUT2D eigenvalue weighted by molar-refractivity contribution is 5.87. The Morgan fingerprint density at radius 2 is 2.33 bits per heavy atom. The maximum atomic E-state index is 11.9. The van der Waals surface area contributed by atoms with Gasteiger partial charge in [-0.2, -0.15) is 5.26 Å². The first-order valence-corrected chi connectivity index (χ1v) is 2.71. The molecular weight excluding hydrogens is 121 g/mol. The Balaban J connectivity index is 2.58. The highest BCUT2D eigenvalue weighted by Gasteiger charge is 2.44. The largest absolute Gasteiger partial charge is 0.300 e. The van der Waals surface area contributed by atoms with Crippen molar-refractivity contribution in [1.82, 2.24) is 0 Å². The fourth-order valence-electron chi connectivity index (χ4n) is 0.906. The van der Waals surface area contributed by atoms with E-state index in [1.165, 1.54) is 0 Å². The molecule has 0 unspecified atom stereocenters. The van der Waals surface area contributed by atoms with E-state index < -0.39 is 12.1 Å². The number of Topliss-reactive ketones (excluding diaryl/α,β-unsaturated/α-hetero) is 1. The van der Waals surface area contributed by atoms with Crippen molar-refractivity contribution in [1.29, 1.82) is 5.26 Å². The lowest BCUT2D eigenvalue weighted by molar-refractivity contribution is -0.130. The van der Waals surface area contributed by atoms with Gasteiger partial charge in [-0.15, -0.1) is 0 Å². The van der Waals surface area contributed by atoms with Crippen LogP contribution in [0.2, 0.25) is 0 Å². The minimum absolute atomic E-state index is 0.00537. The lowest BCUT2D eigenvalue weighted by atomic mass is 9.70. The van der Waals surface area contributed by atoms with E-state index in [1.807, 2.05) is 0 Å². The first-order chi connectivity index (χ1) is 4.22. The van der Waals surface area contributed by atoms with E-state index in [1.54, 1.807) is 6.07 Å². The SMILES string of the molecule is N#CC1(CF)CC(=O)C1. The number of alkyl halides is 1. The molecule has 0 atom stereocenters. The van der Waals surface area contributed by atoms with E-state index in [2.05, 4.69) is 0 Å². The highest BCUT2D eigenvalue weighted by Crippen LogP contribution is 2.37. The number of rotatable bonds is 1. The quantitative estimate of drug-likeness (QED) is 0.523. The van der Waals surface area contributed by atoms with Crippen molar-refractivity contribution in [2.75, 3.05) is 6.67 Å². The molecular formula is C6H6FNO. The lowest BCUT2D eigenvalue weighted by Gasteiger charge is -2.29. The lowest BCUT2D eigenvalue weighted by Crippen LogP contribution is -2.37. The number of carbonyl (C=O) groups excluding carboxylic acids is 1. The van der Waals surface area contributed by atoms with Gasteiger partial charge in [-0.25, -0.2) is 4.39 Å². The van der Waals surface area contributed by atoms with Crippen molar-refractivity contribution >= 4 is 5.78 Å². The van der Waals surface area contributed by atoms with Crippen molar-refractivity contribution in [2.24, 2.45) is 5.41 Å². The first kappa shape index (κ1) is 6.21. The topological polar surface area (TPSA) is 40.9 Å². The fourth-order valence-corrected chi connectivity index (χ4v) is 0.906. The van der Waals surface area contributed by atoms with Crippen LogP contribution in [0.25, 0.3) is 0 Å². The summed E-state index contributed by atoms with van der Waals surface area (Å²) < 4.78 is 11.9. The third-order valence-electron chi connectivity index (χ3n) is 1.56. The van der Waals surface area contributed by atoms with Crippen LogP contribution in [0.1, 0.15) is 12.8 Å². The van der Waals surface area contributed by atoms with Crippen molar-refractivity contribution in [3.05, 3.63) is 0 Å². The van der Waals surface area contributed by atoms with E-state index in [4.69, 9.17) is 5.26 Å². The number of hydrogen-bond donors (Lipinski definition) is 0. The second-order valence-electron chi connectivity index (χ2n) is 2.42. The number of nitrogens with zero attached hydrogens (tertiary/aromatic N) is 1. The first-order valence-electron chi connectivity index (χ1n) is 2.71. The van der Waals surface area contributed by atoms with Gasteiger partial charge in [-0.1, -0.05) is 0 Å². The van der Waals surface area contributed by atoms with Gasteiger partial charge < -0.3 is 0 Å². The Kier molecular flexibility index (Phi) is 1.24. The van der Waals surface area contributed by atoms with E-state index in [0.717, 1.165) is 0 Å². The van der Waals surface area contributed by atoms with Crippen LogP contribution in [0.5, 0.6) is 0 Å². The van der Waals surface area contributed by atoms with E-state index in [0.29, 0.717) is 0 Å². The number of halogens is 1. The third kappa shape index (κ3) is 0.807. The van der Waals surface area contributed by atoms with Crippen LogP contribution in [0.4, 0.5) is 4.39 Å². The van der Waals surface area contributed by atoms with Crippen molar-refractivity contribution in [3.63, 3.8) is 0 Å². The molecule has 9 heavy (non-hydrogen) atoms. The smallest absolute Gasteiger partial charge is 0.136 e. The molecule has 0 aromatic carbocycles. The molecule has 0 aromatic rings. The summed E-state index contributed by atoms with van der Waals surface area (Å²) in [6.07, 6.45) is 0.222. The van der Waals surface area contributed by atoms with Crippen LogP contribution < -0.4 is 0 Å². The maximum Gasteiger partial charge on any atom is 0.136 e. The minimum atomic E-state index is -0.933. The van der Waals surface area contributed by atoms with Crippen LogP contribution in [-0.4, -0.2) is 12.5 Å². The van der Waals surface area contributed by atoms with Gasteiger partial charge in [0.2, 0.25) is 0 Å². The summed E-state index contributed by atoms with van der Waals surface area (Å²) in [6.45, 7) is -0.685. The molecule has 0 radical (unpaired) electrons. The van der Waals surface area contributed by atoms with Gasteiger partial charge in [0.25, 0.3) is 0 Å². The molecule has 0 saturated heterocycles. The van der Waals surface area contributed by atoms with Gasteiger partial charge in [0.1, 0.15) is 12.5 Å². The molecule has 1 saturated carbocycles. The second-order valence-corrected chi connectivity index (χ2v) is 2.42. The Bertz CT molecular complexity index is 174. The Morgan fingerprint density at radius 3 is 2.44 bits per heavy atom. The summed E-state index contributed by atoms with van der Waals surface area (Å²) in [5.41, 5.74) is -0.933. The summed E-state index contributed by atoms with van der Waals surface area (Å²) in [5.74, 6) is -0.00537. The monoisotopic (exact) mass is 127 g/mol. The molecule has 48 valence electrons. The van der Waals surface area contributed by atoms with E-state index in [-0.39, 0.29) is 18.6 Å². The van der Waals surface area contributed by atoms with Crippen LogP contribution in [0.15, 0.2) is 0 Å². The summed E-state index contributed by atoms with van der Waals surface area (Å²) in [7, 11) is 0. The zero-order chi connectivity index (χ0) is 6.91. The Morgan fingerprint density at radius 1 is 1.78 bits per heavy atom. The number of nitriles is 1. The molecule has 0 spiro atoms. The van der Waals surface area contributed by atoms with Gasteiger partial charge in [0.15, 0.2) is 0 Å². The molecule has 0 heterocycles. The molecule has 0 bridgehead atoms. The minimum Gasteiger partial charge on any atom is -0.300 e. The average molecular weight is 127 g/mol. The molecule has 1 aliphatic rings. The van der Waals surface area contributed by atoms with Crippen LogP contribution in [-0.2, 0) is 4.79 Å². The number of hydrogen-bond acceptors (Lipinski definition) is 2. The van der Waals surface area contributed by atoms with Gasteiger partial charge in [0.05, 0.1) is 11.5 Å². The summed E-state index contributed by atoms with van der Waals surface area (Å²) in [4.78, 5) is 10.3. The molecule has 0 N–H and O–H groups in total. The maximum absolute atomic E-state index is 11.9. The van der Waals surface area contributed by atoms with Gasteiger partial charge in [-0.05, 0) is 0 Å². The molecule has 1 fully saturated rings. The van der Waals surface area contributed by atoms with Gasteiger partial charge in [0, 0.05) is 12.8 Å². The van der Waals surface area contributed by atoms with Crippen molar-refractivity contribution < 1.29 is 9.18 Å². The predicted octanol–water partition coefficient (Wildman–Crippen LogP) is 0.829.